The van der Waals surface area contributed by atoms with Gasteiger partial charge < -0.3 is 0 Å². The molecule has 0 radical (unpaired) electrons. The lowest BCUT2D eigenvalue weighted by Crippen LogP contribution is -2.23. The Morgan fingerprint density at radius 3 is 2.14 bits per heavy atom. The minimum atomic E-state index is 0.0617. The van der Waals surface area contributed by atoms with E-state index in [2.05, 4.69) is 91.3 Å². The van der Waals surface area contributed by atoms with E-state index in [9.17, 15) is 0 Å². The molecule has 0 saturated heterocycles. The van der Waals surface area contributed by atoms with Gasteiger partial charge in [-0.05, 0) is 29.5 Å². The Balaban J connectivity index is 2.17. The first kappa shape index (κ1) is 16.3. The summed E-state index contributed by atoms with van der Waals surface area (Å²) in [6.07, 6.45) is 3.71. The number of hydrogen-bond acceptors (Lipinski definition) is 0. The molecule has 0 aliphatic rings. The van der Waals surface area contributed by atoms with Crippen molar-refractivity contribution in [3.05, 3.63) is 71.3 Å². The summed E-state index contributed by atoms with van der Waals surface area (Å²) in [6.45, 7) is 6.84. The number of alkyl halides is 1. The summed E-state index contributed by atoms with van der Waals surface area (Å²) >= 11 is 3.92. The summed E-state index contributed by atoms with van der Waals surface area (Å²) in [5, 5.41) is 0. The molecule has 0 nitrogen and oxygen atoms in total. The molecule has 0 fully saturated rings. The molecule has 0 saturated carbocycles. The van der Waals surface area contributed by atoms with Crippen LogP contribution in [-0.4, -0.2) is 0 Å². The van der Waals surface area contributed by atoms with Crippen molar-refractivity contribution < 1.29 is 0 Å². The highest BCUT2D eigenvalue weighted by molar-refractivity contribution is 9.09. The van der Waals surface area contributed by atoms with Crippen molar-refractivity contribution in [2.75, 3.05) is 0 Å². The standard InChI is InChI=1S/C20H25Br/c1-4-5-9-16-12-14-17(15-13-16)19(21)20(2,3)18-10-7-6-8-11-18/h6-8,10-15,19H,4-5,9H2,1-3H3. The Bertz CT molecular complexity index is 540. The van der Waals surface area contributed by atoms with Crippen LogP contribution in [0, 0.1) is 0 Å². The highest BCUT2D eigenvalue weighted by Crippen LogP contribution is 2.42. The van der Waals surface area contributed by atoms with Crippen molar-refractivity contribution in [2.24, 2.45) is 0 Å². The van der Waals surface area contributed by atoms with Gasteiger partial charge in [0.25, 0.3) is 0 Å². The van der Waals surface area contributed by atoms with Crippen LogP contribution < -0.4 is 0 Å². The van der Waals surface area contributed by atoms with Crippen LogP contribution in [0.25, 0.3) is 0 Å². The molecule has 21 heavy (non-hydrogen) atoms. The predicted octanol–water partition coefficient (Wildman–Crippen LogP) is 6.44. The quantitative estimate of drug-likeness (QED) is 0.528. The van der Waals surface area contributed by atoms with E-state index in [4.69, 9.17) is 0 Å². The molecular formula is C20H25Br. The van der Waals surface area contributed by atoms with Gasteiger partial charge in [-0.1, -0.05) is 97.7 Å². The summed E-state index contributed by atoms with van der Waals surface area (Å²) in [7, 11) is 0. The third kappa shape index (κ3) is 3.97. The van der Waals surface area contributed by atoms with Gasteiger partial charge in [-0.15, -0.1) is 0 Å². The summed E-state index contributed by atoms with van der Waals surface area (Å²) in [5.74, 6) is 0. The Labute approximate surface area is 137 Å². The zero-order valence-electron chi connectivity index (χ0n) is 13.3. The molecule has 1 heteroatoms. The number of benzene rings is 2. The highest BCUT2D eigenvalue weighted by atomic mass is 79.9. The molecule has 0 aromatic heterocycles. The Kier molecular flexibility index (Phi) is 5.64. The molecule has 112 valence electrons. The van der Waals surface area contributed by atoms with Crippen LogP contribution in [0.15, 0.2) is 54.6 Å². The lowest BCUT2D eigenvalue weighted by molar-refractivity contribution is 0.517. The van der Waals surface area contributed by atoms with Gasteiger partial charge in [-0.3, -0.25) is 0 Å². The number of aryl methyl sites for hydroxylation is 1. The maximum absolute atomic E-state index is 3.92. The molecule has 0 N–H and O–H groups in total. The maximum atomic E-state index is 3.92. The topological polar surface area (TPSA) is 0 Å². The summed E-state index contributed by atoms with van der Waals surface area (Å²) in [6, 6.07) is 19.8. The average molecular weight is 345 g/mol. The van der Waals surface area contributed by atoms with E-state index >= 15 is 0 Å². The lowest BCUT2D eigenvalue weighted by atomic mass is 9.79. The molecule has 0 bridgehead atoms. The SMILES string of the molecule is CCCCc1ccc(C(Br)C(C)(C)c2ccccc2)cc1. The Morgan fingerprint density at radius 1 is 0.952 bits per heavy atom. The van der Waals surface area contributed by atoms with Gasteiger partial charge in [0.05, 0.1) is 0 Å². The van der Waals surface area contributed by atoms with E-state index in [-0.39, 0.29) is 5.41 Å². The van der Waals surface area contributed by atoms with E-state index in [1.54, 1.807) is 0 Å². The minimum Gasteiger partial charge on any atom is -0.0829 e. The van der Waals surface area contributed by atoms with E-state index in [1.165, 1.54) is 36.0 Å². The smallest absolute Gasteiger partial charge is 0.0486 e. The molecule has 2 rings (SSSR count). The van der Waals surface area contributed by atoms with Gasteiger partial charge in [-0.25, -0.2) is 0 Å². The fourth-order valence-electron chi connectivity index (χ4n) is 2.66. The third-order valence-electron chi connectivity index (χ3n) is 4.24. The molecule has 1 atom stereocenters. The normalized spacial score (nSPS) is 13.1. The third-order valence-corrected chi connectivity index (χ3v) is 5.92. The lowest BCUT2D eigenvalue weighted by Gasteiger charge is -2.31. The van der Waals surface area contributed by atoms with Crippen molar-refractivity contribution in [2.45, 2.75) is 50.3 Å². The van der Waals surface area contributed by atoms with E-state index in [1.807, 2.05) is 0 Å². The number of hydrogen-bond donors (Lipinski definition) is 0. The molecule has 0 aliphatic carbocycles. The Hall–Kier alpha value is -1.08. The summed E-state index contributed by atoms with van der Waals surface area (Å²) in [5.41, 5.74) is 4.22. The van der Waals surface area contributed by atoms with Gasteiger partial charge in [0.15, 0.2) is 0 Å². The van der Waals surface area contributed by atoms with Gasteiger partial charge in [0.1, 0.15) is 0 Å². The van der Waals surface area contributed by atoms with Crippen LogP contribution in [0.2, 0.25) is 0 Å². The number of rotatable bonds is 6. The predicted molar refractivity (Wildman–Crippen MR) is 96.2 cm³/mol. The number of unbranched alkanes of at least 4 members (excludes halogenated alkanes) is 1. The fourth-order valence-corrected chi connectivity index (χ4v) is 3.23. The van der Waals surface area contributed by atoms with E-state index < -0.39 is 0 Å². The van der Waals surface area contributed by atoms with Crippen LogP contribution >= 0.6 is 15.9 Å². The van der Waals surface area contributed by atoms with E-state index in [0.717, 1.165) is 0 Å². The van der Waals surface area contributed by atoms with Gasteiger partial charge in [0.2, 0.25) is 0 Å². The van der Waals surface area contributed by atoms with E-state index in [0.29, 0.717) is 4.83 Å². The summed E-state index contributed by atoms with van der Waals surface area (Å²) in [4.78, 5) is 0.313. The first-order valence-corrected chi connectivity index (χ1v) is 8.75. The molecule has 2 aromatic rings. The van der Waals surface area contributed by atoms with Crippen LogP contribution in [0.5, 0.6) is 0 Å². The van der Waals surface area contributed by atoms with Gasteiger partial charge in [-0.2, -0.15) is 0 Å². The van der Waals surface area contributed by atoms with Crippen molar-refractivity contribution >= 4 is 15.9 Å². The molecule has 0 amide bonds. The van der Waals surface area contributed by atoms with Crippen LogP contribution in [0.4, 0.5) is 0 Å². The first-order valence-electron chi connectivity index (χ1n) is 7.84. The molecule has 2 aromatic carbocycles. The molecular weight excluding hydrogens is 320 g/mol. The second-order valence-corrected chi connectivity index (χ2v) is 7.21. The second kappa shape index (κ2) is 7.26. The van der Waals surface area contributed by atoms with Crippen LogP contribution in [0.1, 0.15) is 55.1 Å². The van der Waals surface area contributed by atoms with Crippen molar-refractivity contribution in [1.82, 2.24) is 0 Å². The average Bonchev–Trinajstić information content (AvgIpc) is 2.53. The second-order valence-electron chi connectivity index (χ2n) is 6.30. The fraction of sp³-hybridized carbons (Fsp3) is 0.400. The largest absolute Gasteiger partial charge is 0.0829 e. The van der Waals surface area contributed by atoms with Crippen LogP contribution in [0.3, 0.4) is 0 Å². The zero-order chi connectivity index (χ0) is 15.3. The van der Waals surface area contributed by atoms with Crippen LogP contribution in [-0.2, 0) is 11.8 Å². The molecule has 0 heterocycles. The van der Waals surface area contributed by atoms with Gasteiger partial charge >= 0.3 is 0 Å². The highest BCUT2D eigenvalue weighted by Gasteiger charge is 2.30. The number of halogens is 1. The zero-order valence-corrected chi connectivity index (χ0v) is 14.9. The van der Waals surface area contributed by atoms with Gasteiger partial charge in [0, 0.05) is 10.2 Å². The summed E-state index contributed by atoms with van der Waals surface area (Å²) < 4.78 is 0. The maximum Gasteiger partial charge on any atom is 0.0486 e. The molecule has 1 unspecified atom stereocenters. The minimum absolute atomic E-state index is 0.0617. The van der Waals surface area contributed by atoms with Crippen molar-refractivity contribution in [3.63, 3.8) is 0 Å². The monoisotopic (exact) mass is 344 g/mol. The molecule has 0 spiro atoms. The van der Waals surface area contributed by atoms with Crippen molar-refractivity contribution in [1.29, 1.82) is 0 Å². The van der Waals surface area contributed by atoms with Crippen molar-refractivity contribution in [3.8, 4) is 0 Å². The Morgan fingerprint density at radius 2 is 1.57 bits per heavy atom. The first-order chi connectivity index (χ1) is 10.1. The molecule has 0 aliphatic heterocycles.